The summed E-state index contributed by atoms with van der Waals surface area (Å²) in [5, 5.41) is 0. The maximum atomic E-state index is 5.85. The molecular weight excluding hydrogens is 176 g/mol. The fraction of sp³-hybridized carbons (Fsp3) is 0.455. The first-order valence-corrected chi connectivity index (χ1v) is 4.94. The van der Waals surface area contributed by atoms with Crippen LogP contribution in [0.15, 0.2) is 24.3 Å². The van der Waals surface area contributed by atoms with E-state index >= 15 is 0 Å². The Bertz CT molecular complexity index is 297. The van der Waals surface area contributed by atoms with Gasteiger partial charge in [-0.1, -0.05) is 0 Å². The van der Waals surface area contributed by atoms with Crippen molar-refractivity contribution in [1.29, 1.82) is 0 Å². The van der Waals surface area contributed by atoms with Crippen LogP contribution in [0, 0.1) is 0 Å². The van der Waals surface area contributed by atoms with Crippen LogP contribution in [-0.2, 0) is 0 Å². The van der Waals surface area contributed by atoms with E-state index in [1.165, 1.54) is 5.69 Å². The van der Waals surface area contributed by atoms with Crippen molar-refractivity contribution >= 4 is 5.69 Å². The highest BCUT2D eigenvalue weighted by Crippen LogP contribution is 2.22. The van der Waals surface area contributed by atoms with Gasteiger partial charge in [0.2, 0.25) is 0 Å². The largest absolute Gasteiger partial charge is 0.497 e. The molecule has 3 nitrogen and oxygen atoms in total. The predicted octanol–water partition coefficient (Wildman–Crippen LogP) is 1.23. The lowest BCUT2D eigenvalue weighted by Crippen LogP contribution is -2.26. The Labute approximate surface area is 84.5 Å². The number of nitrogens with two attached hydrogens (primary N) is 1. The third kappa shape index (κ3) is 1.82. The highest BCUT2D eigenvalue weighted by atomic mass is 16.5. The molecule has 1 saturated heterocycles. The van der Waals surface area contributed by atoms with Gasteiger partial charge in [-0.15, -0.1) is 0 Å². The topological polar surface area (TPSA) is 38.5 Å². The Kier molecular flexibility index (Phi) is 2.59. The zero-order valence-electron chi connectivity index (χ0n) is 8.44. The first-order chi connectivity index (χ1) is 6.79. The average molecular weight is 192 g/mol. The van der Waals surface area contributed by atoms with Crippen LogP contribution < -0.4 is 15.4 Å². The lowest BCUT2D eigenvalue weighted by atomic mass is 10.3. The van der Waals surface area contributed by atoms with E-state index in [1.807, 2.05) is 12.1 Å². The second kappa shape index (κ2) is 3.88. The van der Waals surface area contributed by atoms with Gasteiger partial charge in [-0.2, -0.15) is 0 Å². The van der Waals surface area contributed by atoms with Crippen molar-refractivity contribution in [1.82, 2.24) is 0 Å². The van der Waals surface area contributed by atoms with Crippen molar-refractivity contribution in [2.75, 3.05) is 25.1 Å². The molecule has 1 aliphatic rings. The summed E-state index contributed by atoms with van der Waals surface area (Å²) >= 11 is 0. The fourth-order valence-corrected chi connectivity index (χ4v) is 1.81. The molecule has 0 unspecified atom stereocenters. The van der Waals surface area contributed by atoms with E-state index in [4.69, 9.17) is 10.5 Å². The molecule has 1 fully saturated rings. The average Bonchev–Trinajstić information content (AvgIpc) is 2.65. The second-order valence-corrected chi connectivity index (χ2v) is 3.69. The molecular formula is C11H16N2O. The lowest BCUT2D eigenvalue weighted by Gasteiger charge is -2.18. The molecule has 0 bridgehead atoms. The summed E-state index contributed by atoms with van der Waals surface area (Å²) in [4.78, 5) is 2.31. The summed E-state index contributed by atoms with van der Waals surface area (Å²) in [7, 11) is 1.68. The van der Waals surface area contributed by atoms with Crippen LogP contribution in [0.2, 0.25) is 0 Å². The number of hydrogen-bond acceptors (Lipinski definition) is 3. The molecule has 2 rings (SSSR count). The third-order valence-corrected chi connectivity index (χ3v) is 2.66. The van der Waals surface area contributed by atoms with E-state index in [0.717, 1.165) is 25.3 Å². The molecule has 2 N–H and O–H groups in total. The Balaban J connectivity index is 2.09. The smallest absolute Gasteiger partial charge is 0.119 e. The molecule has 0 saturated carbocycles. The molecule has 0 aromatic heterocycles. The first kappa shape index (κ1) is 9.34. The summed E-state index contributed by atoms with van der Waals surface area (Å²) in [6.07, 6.45) is 1.09. The summed E-state index contributed by atoms with van der Waals surface area (Å²) in [5.74, 6) is 0.900. The molecule has 1 heterocycles. The maximum Gasteiger partial charge on any atom is 0.119 e. The van der Waals surface area contributed by atoms with Crippen molar-refractivity contribution in [2.45, 2.75) is 12.5 Å². The molecule has 1 aromatic rings. The van der Waals surface area contributed by atoms with E-state index in [0.29, 0.717) is 6.04 Å². The standard InChI is InChI=1S/C11H16N2O/c1-14-11-4-2-10(3-5-11)13-7-6-9(12)8-13/h2-5,9H,6-8,12H2,1H3/t9-/m0/s1. The summed E-state index contributed by atoms with van der Waals surface area (Å²) in [5.41, 5.74) is 7.09. The second-order valence-electron chi connectivity index (χ2n) is 3.69. The van der Waals surface area contributed by atoms with Gasteiger partial charge in [-0.3, -0.25) is 0 Å². The lowest BCUT2D eigenvalue weighted by molar-refractivity contribution is 0.415. The SMILES string of the molecule is COc1ccc(N2CC[C@H](N)C2)cc1. The number of ether oxygens (including phenoxy) is 1. The monoisotopic (exact) mass is 192 g/mol. The Morgan fingerprint density at radius 2 is 2.07 bits per heavy atom. The van der Waals surface area contributed by atoms with Crippen molar-refractivity contribution in [3.63, 3.8) is 0 Å². The van der Waals surface area contributed by atoms with Gasteiger partial charge in [-0.05, 0) is 30.7 Å². The number of methoxy groups -OCH3 is 1. The van der Waals surface area contributed by atoms with Gasteiger partial charge < -0.3 is 15.4 Å². The maximum absolute atomic E-state index is 5.85. The summed E-state index contributed by atoms with van der Waals surface area (Å²) < 4.78 is 5.11. The van der Waals surface area contributed by atoms with Crippen LogP contribution in [0.4, 0.5) is 5.69 Å². The number of anilines is 1. The molecule has 0 aliphatic carbocycles. The van der Waals surface area contributed by atoms with E-state index in [1.54, 1.807) is 7.11 Å². The van der Waals surface area contributed by atoms with Crippen molar-refractivity contribution in [3.8, 4) is 5.75 Å². The first-order valence-electron chi connectivity index (χ1n) is 4.94. The van der Waals surface area contributed by atoms with E-state index in [9.17, 15) is 0 Å². The highest BCUT2D eigenvalue weighted by Gasteiger charge is 2.18. The number of rotatable bonds is 2. The van der Waals surface area contributed by atoms with Crippen LogP contribution in [0.25, 0.3) is 0 Å². The van der Waals surface area contributed by atoms with Crippen LogP contribution in [0.1, 0.15) is 6.42 Å². The highest BCUT2D eigenvalue weighted by molar-refractivity contribution is 5.50. The fourth-order valence-electron chi connectivity index (χ4n) is 1.81. The van der Waals surface area contributed by atoms with Crippen LogP contribution >= 0.6 is 0 Å². The molecule has 0 radical (unpaired) electrons. The summed E-state index contributed by atoms with van der Waals surface area (Å²) in [6.45, 7) is 2.03. The van der Waals surface area contributed by atoms with Crippen LogP contribution in [0.5, 0.6) is 5.75 Å². The molecule has 14 heavy (non-hydrogen) atoms. The third-order valence-electron chi connectivity index (χ3n) is 2.66. The molecule has 1 atom stereocenters. The van der Waals surface area contributed by atoms with Crippen molar-refractivity contribution < 1.29 is 4.74 Å². The van der Waals surface area contributed by atoms with Gasteiger partial charge in [0.25, 0.3) is 0 Å². The molecule has 0 amide bonds. The predicted molar refractivity (Wildman–Crippen MR) is 57.8 cm³/mol. The van der Waals surface area contributed by atoms with Gasteiger partial charge in [0, 0.05) is 24.8 Å². The normalized spacial score (nSPS) is 21.3. The number of nitrogens with zero attached hydrogens (tertiary/aromatic N) is 1. The number of benzene rings is 1. The minimum absolute atomic E-state index is 0.331. The van der Waals surface area contributed by atoms with E-state index in [-0.39, 0.29) is 0 Å². The Hall–Kier alpha value is -1.22. The molecule has 0 spiro atoms. The van der Waals surface area contributed by atoms with Gasteiger partial charge in [0.15, 0.2) is 0 Å². The quantitative estimate of drug-likeness (QED) is 0.766. The molecule has 1 aliphatic heterocycles. The van der Waals surface area contributed by atoms with E-state index in [2.05, 4.69) is 17.0 Å². The van der Waals surface area contributed by atoms with Gasteiger partial charge >= 0.3 is 0 Å². The van der Waals surface area contributed by atoms with E-state index < -0.39 is 0 Å². The minimum atomic E-state index is 0.331. The minimum Gasteiger partial charge on any atom is -0.497 e. The zero-order chi connectivity index (χ0) is 9.97. The van der Waals surface area contributed by atoms with Gasteiger partial charge in [0.05, 0.1) is 7.11 Å². The van der Waals surface area contributed by atoms with Crippen molar-refractivity contribution in [2.24, 2.45) is 5.73 Å². The molecule has 1 aromatic carbocycles. The number of hydrogen-bond donors (Lipinski definition) is 1. The summed E-state index contributed by atoms with van der Waals surface area (Å²) in [6, 6.07) is 8.46. The molecule has 3 heteroatoms. The van der Waals surface area contributed by atoms with Crippen LogP contribution in [-0.4, -0.2) is 26.2 Å². The van der Waals surface area contributed by atoms with Crippen LogP contribution in [0.3, 0.4) is 0 Å². The Morgan fingerprint density at radius 3 is 2.57 bits per heavy atom. The molecule has 76 valence electrons. The Morgan fingerprint density at radius 1 is 1.36 bits per heavy atom. The van der Waals surface area contributed by atoms with Gasteiger partial charge in [-0.25, -0.2) is 0 Å². The van der Waals surface area contributed by atoms with Crippen molar-refractivity contribution in [3.05, 3.63) is 24.3 Å². The zero-order valence-corrected chi connectivity index (χ0v) is 8.44. The van der Waals surface area contributed by atoms with Gasteiger partial charge in [0.1, 0.15) is 5.75 Å².